The van der Waals surface area contributed by atoms with Gasteiger partial charge in [-0.05, 0) is 24.0 Å². The molecule has 0 aromatic heterocycles. The number of hydrogen-bond acceptors (Lipinski definition) is 2. The van der Waals surface area contributed by atoms with Gasteiger partial charge < -0.3 is 10.8 Å². The summed E-state index contributed by atoms with van der Waals surface area (Å²) < 4.78 is 0. The largest absolute Gasteiger partial charge is 0.506 e. The summed E-state index contributed by atoms with van der Waals surface area (Å²) in [6.07, 6.45) is 0.951. The average molecular weight is 250 g/mol. The Hall–Kier alpha value is -0.440. The van der Waals surface area contributed by atoms with Gasteiger partial charge in [0.05, 0.1) is 5.02 Å². The summed E-state index contributed by atoms with van der Waals surface area (Å²) >= 11 is 5.88. The van der Waals surface area contributed by atoms with E-state index in [9.17, 15) is 5.11 Å². The fourth-order valence-corrected chi connectivity index (χ4v) is 1.72. The summed E-state index contributed by atoms with van der Waals surface area (Å²) in [5.41, 5.74) is 7.34. The molecule has 3 N–H and O–H groups in total. The van der Waals surface area contributed by atoms with Crippen LogP contribution in [0.4, 0.5) is 0 Å². The molecule has 4 heteroatoms. The van der Waals surface area contributed by atoms with Gasteiger partial charge in [0.15, 0.2) is 0 Å². The third-order valence-electron chi connectivity index (χ3n) is 2.07. The predicted molar refractivity (Wildman–Crippen MR) is 66.8 cm³/mol. The predicted octanol–water partition coefficient (Wildman–Crippen LogP) is 3.12. The second kappa shape index (κ2) is 6.21. The average Bonchev–Trinajstić information content (AvgIpc) is 2.10. The minimum atomic E-state index is 0. The lowest BCUT2D eigenvalue weighted by molar-refractivity contribution is 0.468. The van der Waals surface area contributed by atoms with Crippen LogP contribution in [0.1, 0.15) is 25.0 Å². The van der Waals surface area contributed by atoms with E-state index >= 15 is 0 Å². The van der Waals surface area contributed by atoms with Crippen LogP contribution in [0, 0.1) is 5.92 Å². The van der Waals surface area contributed by atoms with Crippen LogP contribution in [0.5, 0.6) is 5.75 Å². The summed E-state index contributed by atoms with van der Waals surface area (Å²) in [7, 11) is 0. The van der Waals surface area contributed by atoms with Crippen LogP contribution >= 0.6 is 24.0 Å². The van der Waals surface area contributed by atoms with E-state index in [2.05, 4.69) is 13.8 Å². The summed E-state index contributed by atoms with van der Waals surface area (Å²) in [6.45, 7) is 4.60. The molecule has 1 rings (SSSR count). The van der Waals surface area contributed by atoms with E-state index in [1.807, 2.05) is 6.07 Å². The van der Waals surface area contributed by atoms with E-state index in [1.54, 1.807) is 6.07 Å². The third-order valence-corrected chi connectivity index (χ3v) is 2.35. The molecule has 0 spiro atoms. The molecule has 0 aliphatic rings. The van der Waals surface area contributed by atoms with Crippen LogP contribution in [0.3, 0.4) is 0 Å². The molecule has 1 aromatic rings. The normalized spacial score (nSPS) is 10.2. The Morgan fingerprint density at radius 2 is 2.00 bits per heavy atom. The lowest BCUT2D eigenvalue weighted by atomic mass is 10.0. The second-order valence-electron chi connectivity index (χ2n) is 3.89. The van der Waals surface area contributed by atoms with E-state index in [-0.39, 0.29) is 18.2 Å². The smallest absolute Gasteiger partial charge is 0.138 e. The standard InChI is InChI=1S/C11H16ClNO.ClH/c1-7(2)3-8-4-9(6-13)11(14)10(12)5-8;/h4-5,7,14H,3,6,13H2,1-2H3;1H. The van der Waals surface area contributed by atoms with E-state index in [4.69, 9.17) is 17.3 Å². The van der Waals surface area contributed by atoms with Crippen LogP contribution in [0.15, 0.2) is 12.1 Å². The van der Waals surface area contributed by atoms with Crippen molar-refractivity contribution in [2.24, 2.45) is 11.7 Å². The molecule has 0 aliphatic carbocycles. The molecule has 0 atom stereocenters. The Balaban J connectivity index is 0.00000196. The molecule has 0 radical (unpaired) electrons. The number of phenols is 1. The van der Waals surface area contributed by atoms with Gasteiger partial charge in [0, 0.05) is 12.1 Å². The quantitative estimate of drug-likeness (QED) is 0.865. The Bertz CT molecular complexity index is 327. The molecule has 0 fully saturated rings. The van der Waals surface area contributed by atoms with Crippen molar-refractivity contribution >= 4 is 24.0 Å². The first-order valence-electron chi connectivity index (χ1n) is 4.75. The van der Waals surface area contributed by atoms with E-state index in [1.165, 1.54) is 0 Å². The zero-order valence-electron chi connectivity index (χ0n) is 8.96. The first-order chi connectivity index (χ1) is 6.54. The minimum absolute atomic E-state index is 0. The summed E-state index contributed by atoms with van der Waals surface area (Å²) in [6, 6.07) is 3.72. The van der Waals surface area contributed by atoms with Gasteiger partial charge in [-0.15, -0.1) is 12.4 Å². The maximum Gasteiger partial charge on any atom is 0.138 e. The van der Waals surface area contributed by atoms with Gasteiger partial charge in [-0.1, -0.05) is 31.5 Å². The molecule has 0 amide bonds. The first kappa shape index (κ1) is 14.6. The zero-order chi connectivity index (χ0) is 10.7. The van der Waals surface area contributed by atoms with Crippen molar-refractivity contribution in [2.45, 2.75) is 26.8 Å². The fraction of sp³-hybridized carbons (Fsp3) is 0.455. The maximum absolute atomic E-state index is 9.54. The highest BCUT2D eigenvalue weighted by molar-refractivity contribution is 6.32. The molecule has 1 aromatic carbocycles. The van der Waals surface area contributed by atoms with Crippen LogP contribution in [0.2, 0.25) is 5.02 Å². The number of benzene rings is 1. The van der Waals surface area contributed by atoms with Crippen LogP contribution < -0.4 is 5.73 Å². The van der Waals surface area contributed by atoms with Crippen molar-refractivity contribution in [3.8, 4) is 5.75 Å². The van der Waals surface area contributed by atoms with Crippen LogP contribution in [-0.4, -0.2) is 5.11 Å². The van der Waals surface area contributed by atoms with Gasteiger partial charge in [-0.25, -0.2) is 0 Å². The Morgan fingerprint density at radius 3 is 2.47 bits per heavy atom. The third kappa shape index (κ3) is 3.90. The highest BCUT2D eigenvalue weighted by atomic mass is 35.5. The lowest BCUT2D eigenvalue weighted by Crippen LogP contribution is -2.00. The summed E-state index contributed by atoms with van der Waals surface area (Å²) in [4.78, 5) is 0. The van der Waals surface area contributed by atoms with E-state index in [0.29, 0.717) is 23.0 Å². The van der Waals surface area contributed by atoms with Gasteiger partial charge >= 0.3 is 0 Å². The highest BCUT2D eigenvalue weighted by Crippen LogP contribution is 2.29. The van der Waals surface area contributed by atoms with Crippen molar-refractivity contribution in [1.82, 2.24) is 0 Å². The SMILES string of the molecule is CC(C)Cc1cc(Cl)c(O)c(CN)c1.Cl. The number of phenolic OH excluding ortho intramolecular Hbond substituents is 1. The topological polar surface area (TPSA) is 46.2 Å². The number of rotatable bonds is 3. The van der Waals surface area contributed by atoms with Crippen molar-refractivity contribution in [3.63, 3.8) is 0 Å². The van der Waals surface area contributed by atoms with Gasteiger partial charge in [-0.2, -0.15) is 0 Å². The lowest BCUT2D eigenvalue weighted by Gasteiger charge is -2.09. The monoisotopic (exact) mass is 249 g/mol. The molecule has 0 saturated heterocycles. The summed E-state index contributed by atoms with van der Waals surface area (Å²) in [5, 5.41) is 9.94. The van der Waals surface area contributed by atoms with Gasteiger partial charge in [0.25, 0.3) is 0 Å². The van der Waals surface area contributed by atoms with Crippen molar-refractivity contribution in [2.75, 3.05) is 0 Å². The van der Waals surface area contributed by atoms with E-state index in [0.717, 1.165) is 12.0 Å². The van der Waals surface area contributed by atoms with Gasteiger partial charge in [0.1, 0.15) is 5.75 Å². The first-order valence-corrected chi connectivity index (χ1v) is 5.12. The number of hydrogen-bond donors (Lipinski definition) is 2. The zero-order valence-corrected chi connectivity index (χ0v) is 10.5. The van der Waals surface area contributed by atoms with Crippen LogP contribution in [0.25, 0.3) is 0 Å². The molecule has 0 heterocycles. The number of aromatic hydroxyl groups is 1. The number of nitrogens with two attached hydrogens (primary N) is 1. The van der Waals surface area contributed by atoms with Gasteiger partial charge in [-0.3, -0.25) is 0 Å². The van der Waals surface area contributed by atoms with Crippen molar-refractivity contribution in [3.05, 3.63) is 28.3 Å². The fourth-order valence-electron chi connectivity index (χ4n) is 1.46. The minimum Gasteiger partial charge on any atom is -0.506 e. The highest BCUT2D eigenvalue weighted by Gasteiger charge is 2.08. The summed E-state index contributed by atoms with van der Waals surface area (Å²) in [5.74, 6) is 0.683. The van der Waals surface area contributed by atoms with E-state index < -0.39 is 0 Å². The molecule has 0 aliphatic heterocycles. The molecular weight excluding hydrogens is 233 g/mol. The molecule has 2 nitrogen and oxygen atoms in total. The van der Waals surface area contributed by atoms with Crippen molar-refractivity contribution < 1.29 is 5.11 Å². The van der Waals surface area contributed by atoms with Crippen LogP contribution in [-0.2, 0) is 13.0 Å². The molecule has 86 valence electrons. The molecular formula is C11H17Cl2NO. The van der Waals surface area contributed by atoms with Gasteiger partial charge in [0.2, 0.25) is 0 Å². The van der Waals surface area contributed by atoms with Crippen molar-refractivity contribution in [1.29, 1.82) is 0 Å². The second-order valence-corrected chi connectivity index (χ2v) is 4.29. The number of halogens is 2. The molecule has 15 heavy (non-hydrogen) atoms. The molecule has 0 bridgehead atoms. The Kier molecular flexibility index (Phi) is 6.03. The molecule has 0 saturated carbocycles. The Morgan fingerprint density at radius 1 is 1.40 bits per heavy atom. The maximum atomic E-state index is 9.54. The molecule has 0 unspecified atom stereocenters. The Labute approximate surface area is 102 Å².